The lowest BCUT2D eigenvalue weighted by Gasteiger charge is -2.39. The van der Waals surface area contributed by atoms with Crippen molar-refractivity contribution < 1.29 is 23.0 Å². The van der Waals surface area contributed by atoms with E-state index in [1.165, 1.54) is 11.3 Å². The molecule has 0 N–H and O–H groups in total. The van der Waals surface area contributed by atoms with E-state index in [0.717, 1.165) is 41.3 Å². The minimum Gasteiger partial charge on any atom is -0.484 e. The smallest absolute Gasteiger partial charge is 0.293 e. The van der Waals surface area contributed by atoms with E-state index in [2.05, 4.69) is 6.92 Å². The number of hydrogen-bond donors (Lipinski definition) is 0. The second kappa shape index (κ2) is 11.2. The van der Waals surface area contributed by atoms with Crippen molar-refractivity contribution in [2.45, 2.75) is 77.2 Å². The van der Waals surface area contributed by atoms with E-state index in [0.29, 0.717) is 27.2 Å². The van der Waals surface area contributed by atoms with E-state index in [1.807, 2.05) is 44.2 Å². The van der Waals surface area contributed by atoms with Gasteiger partial charge in [0.05, 0.1) is 3.82 Å². The molecule has 1 aromatic heterocycles. The van der Waals surface area contributed by atoms with Gasteiger partial charge in [0.1, 0.15) is 17.0 Å². The monoisotopic (exact) mass is 550 g/mol. The molecule has 0 fully saturated rings. The second-order valence-electron chi connectivity index (χ2n) is 9.94. The number of carbonyl (C=O) groups is 1. The normalized spacial score (nSPS) is 12.6. The van der Waals surface area contributed by atoms with Gasteiger partial charge in [0.15, 0.2) is 0 Å². The second-order valence-corrected chi connectivity index (χ2v) is 12.4. The quantitative estimate of drug-likeness (QED) is 0.103. The van der Waals surface area contributed by atoms with Gasteiger partial charge in [-0.2, -0.15) is 8.78 Å². The molecule has 0 radical (unpaired) electrons. The Balaban J connectivity index is 2.01. The van der Waals surface area contributed by atoms with Gasteiger partial charge in [-0.1, -0.05) is 53.4 Å². The van der Waals surface area contributed by atoms with E-state index >= 15 is 0 Å². The van der Waals surface area contributed by atoms with Crippen molar-refractivity contribution in [2.24, 2.45) is 0 Å². The van der Waals surface area contributed by atoms with Crippen LogP contribution >= 0.6 is 32.8 Å². The van der Waals surface area contributed by atoms with Crippen molar-refractivity contribution in [3.05, 3.63) is 57.4 Å². The zero-order chi connectivity index (χ0) is 26.7. The third-order valence-electron chi connectivity index (χ3n) is 6.68. The first-order chi connectivity index (χ1) is 16.8. The number of rotatable bonds is 11. The van der Waals surface area contributed by atoms with Crippen molar-refractivity contribution in [1.29, 1.82) is 0 Å². The number of hydrogen-bond acceptors (Lipinski definition) is 5. The molecule has 0 bridgehead atoms. The van der Waals surface area contributed by atoms with Gasteiger partial charge in [-0.25, -0.2) is 0 Å². The third kappa shape index (κ3) is 6.48. The van der Waals surface area contributed by atoms with Crippen molar-refractivity contribution in [3.8, 4) is 16.9 Å². The Labute approximate surface area is 223 Å². The minimum atomic E-state index is -3.07. The molecule has 1 unspecified atom stereocenters. The van der Waals surface area contributed by atoms with Gasteiger partial charge in [-0.15, -0.1) is 11.3 Å². The zero-order valence-corrected chi connectivity index (χ0v) is 24.1. The van der Waals surface area contributed by atoms with E-state index in [1.54, 1.807) is 35.2 Å². The van der Waals surface area contributed by atoms with Gasteiger partial charge in [-0.3, -0.25) is 4.79 Å². The molecule has 2 aromatic carbocycles. The summed E-state index contributed by atoms with van der Waals surface area (Å²) in [6.07, 6.45) is 3.90. The standard InChI is InChI=1S/C28H33F2O3PS2/c1-6-7-8-9-18-10-13-21(23(14-18)28(29,30)34)22-15-19-11-12-20(16-24(19)36-25(22)35)33-27(4,5)26(2,3)32-17-31/h10-17H,6-9,34H2,1-5H3. The van der Waals surface area contributed by atoms with Crippen LogP contribution in [-0.2, 0) is 21.6 Å². The molecule has 8 heteroatoms. The van der Waals surface area contributed by atoms with Crippen LogP contribution in [0.2, 0.25) is 0 Å². The van der Waals surface area contributed by atoms with Crippen LogP contribution in [0.15, 0.2) is 42.5 Å². The molecular formula is C28H33F2O3PS2. The fourth-order valence-electron chi connectivity index (χ4n) is 3.86. The number of aryl methyl sites for hydroxylation is 1. The molecular weight excluding hydrogens is 517 g/mol. The highest BCUT2D eigenvalue weighted by molar-refractivity contribution is 7.74. The van der Waals surface area contributed by atoms with Gasteiger partial charge in [-0.05, 0) is 87.4 Å². The van der Waals surface area contributed by atoms with Crippen molar-refractivity contribution in [1.82, 2.24) is 0 Å². The molecule has 0 spiro atoms. The first-order valence-corrected chi connectivity index (χ1v) is 13.8. The summed E-state index contributed by atoms with van der Waals surface area (Å²) in [4.78, 5) is 10.9. The Morgan fingerprint density at radius 2 is 1.72 bits per heavy atom. The molecule has 3 rings (SSSR count). The van der Waals surface area contributed by atoms with Crippen molar-refractivity contribution >= 4 is 49.4 Å². The number of ether oxygens (including phenoxy) is 2. The number of benzene rings is 2. The fraction of sp³-hybridized carbons (Fsp3) is 0.429. The largest absolute Gasteiger partial charge is 0.484 e. The summed E-state index contributed by atoms with van der Waals surface area (Å²) in [5.41, 5.74) is -2.79. The fourth-order valence-corrected chi connectivity index (χ4v) is 5.43. The van der Waals surface area contributed by atoms with Crippen LogP contribution in [0.3, 0.4) is 0 Å². The Hall–Kier alpha value is -1.95. The van der Waals surface area contributed by atoms with Crippen LogP contribution in [0.25, 0.3) is 21.2 Å². The Morgan fingerprint density at radius 3 is 2.36 bits per heavy atom. The van der Waals surface area contributed by atoms with E-state index in [-0.39, 0.29) is 5.56 Å². The average Bonchev–Trinajstić information content (AvgIpc) is 2.78. The molecule has 194 valence electrons. The SMILES string of the molecule is CCCCCc1ccc(-c2cc3ccc(OC(C)(C)C(C)(C)OC=O)cc3sc2=S)c(C(F)(F)P)c1. The molecule has 0 amide bonds. The van der Waals surface area contributed by atoms with E-state index in [4.69, 9.17) is 21.7 Å². The Kier molecular flexibility index (Phi) is 8.91. The molecule has 3 aromatic rings. The highest BCUT2D eigenvalue weighted by atomic mass is 32.1. The summed E-state index contributed by atoms with van der Waals surface area (Å²) >= 11 is 7.03. The number of carbonyl (C=O) groups excluding carboxylic acids is 1. The maximum absolute atomic E-state index is 14.7. The maximum Gasteiger partial charge on any atom is 0.293 e. The van der Waals surface area contributed by atoms with Crippen molar-refractivity contribution in [3.63, 3.8) is 0 Å². The van der Waals surface area contributed by atoms with Crippen LogP contribution in [0.4, 0.5) is 8.78 Å². The molecule has 0 aliphatic carbocycles. The van der Waals surface area contributed by atoms with Crippen LogP contribution in [0.5, 0.6) is 5.75 Å². The van der Waals surface area contributed by atoms with Crippen LogP contribution < -0.4 is 4.74 Å². The van der Waals surface area contributed by atoms with E-state index in [9.17, 15) is 13.6 Å². The van der Waals surface area contributed by atoms with Gasteiger partial charge in [0.25, 0.3) is 12.1 Å². The number of alkyl halides is 2. The first kappa shape index (κ1) is 28.6. The topological polar surface area (TPSA) is 35.5 Å². The predicted octanol–water partition coefficient (Wildman–Crippen LogP) is 9.06. The lowest BCUT2D eigenvalue weighted by molar-refractivity contribution is -0.161. The number of fused-ring (bicyclic) bond motifs is 1. The summed E-state index contributed by atoms with van der Waals surface area (Å²) in [5.74, 6) is 0.599. The molecule has 3 nitrogen and oxygen atoms in total. The molecule has 1 heterocycles. The summed E-state index contributed by atoms with van der Waals surface area (Å²) < 4.78 is 42.1. The molecule has 0 saturated heterocycles. The minimum absolute atomic E-state index is 0.0294. The first-order valence-electron chi connectivity index (χ1n) is 12.0. The molecule has 0 saturated carbocycles. The summed E-state index contributed by atoms with van der Waals surface area (Å²) in [6.45, 7) is 9.81. The highest BCUT2D eigenvalue weighted by Crippen LogP contribution is 2.43. The number of unbranched alkanes of at least 4 members (excludes halogenated alkanes) is 2. The van der Waals surface area contributed by atoms with Crippen LogP contribution in [-0.4, -0.2) is 17.7 Å². The lowest BCUT2D eigenvalue weighted by Crippen LogP contribution is -2.51. The molecule has 36 heavy (non-hydrogen) atoms. The maximum atomic E-state index is 14.7. The molecule has 0 aliphatic heterocycles. The lowest BCUT2D eigenvalue weighted by atomic mass is 9.89. The average molecular weight is 551 g/mol. The van der Waals surface area contributed by atoms with E-state index < -0.39 is 16.9 Å². The highest BCUT2D eigenvalue weighted by Gasteiger charge is 2.41. The third-order valence-corrected chi connectivity index (χ3v) is 8.44. The summed E-state index contributed by atoms with van der Waals surface area (Å²) in [5, 5.41) is 0.877. The summed E-state index contributed by atoms with van der Waals surface area (Å²) in [6, 6.07) is 12.8. The van der Waals surface area contributed by atoms with Crippen LogP contribution in [0, 0.1) is 3.82 Å². The zero-order valence-electron chi connectivity index (χ0n) is 21.3. The predicted molar refractivity (Wildman–Crippen MR) is 151 cm³/mol. The molecule has 1 atom stereocenters. The van der Waals surface area contributed by atoms with Crippen LogP contribution in [0.1, 0.15) is 65.0 Å². The summed E-state index contributed by atoms with van der Waals surface area (Å²) in [7, 11) is 1.67. The van der Waals surface area contributed by atoms with Gasteiger partial charge in [0, 0.05) is 15.8 Å². The number of halogens is 2. The van der Waals surface area contributed by atoms with Gasteiger partial charge >= 0.3 is 0 Å². The molecule has 0 aliphatic rings. The van der Waals surface area contributed by atoms with Crippen molar-refractivity contribution in [2.75, 3.05) is 0 Å². The van der Waals surface area contributed by atoms with Gasteiger partial charge < -0.3 is 9.47 Å². The Bertz CT molecular complexity index is 1300. The Morgan fingerprint density at radius 1 is 1.00 bits per heavy atom. The van der Waals surface area contributed by atoms with Gasteiger partial charge in [0.2, 0.25) is 0 Å².